The van der Waals surface area contributed by atoms with Crippen LogP contribution in [0, 0.1) is 13.8 Å². The van der Waals surface area contributed by atoms with Crippen LogP contribution in [0.4, 0.5) is 0 Å². The summed E-state index contributed by atoms with van der Waals surface area (Å²) in [6.45, 7) is 4.02. The molecule has 20 heavy (non-hydrogen) atoms. The Morgan fingerprint density at radius 3 is 2.65 bits per heavy atom. The molecule has 0 saturated carbocycles. The van der Waals surface area contributed by atoms with Crippen molar-refractivity contribution in [2.24, 2.45) is 0 Å². The number of benzene rings is 2. The van der Waals surface area contributed by atoms with Gasteiger partial charge in [-0.3, -0.25) is 4.79 Å². The van der Waals surface area contributed by atoms with E-state index in [1.54, 1.807) is 0 Å². The fraction of sp³-hybridized carbons (Fsp3) is 0.353. The number of carbonyl (C=O) groups is 1. The molecule has 0 bridgehead atoms. The Kier molecular flexibility index (Phi) is 3.11. The zero-order valence-corrected chi connectivity index (χ0v) is 11.9. The predicted octanol–water partition coefficient (Wildman–Crippen LogP) is 3.09. The van der Waals surface area contributed by atoms with Crippen molar-refractivity contribution in [1.82, 2.24) is 0 Å². The maximum atomic E-state index is 12.4. The Labute approximate surface area is 118 Å². The average molecular weight is 270 g/mol. The molecule has 2 atom stereocenters. The molecule has 0 saturated heterocycles. The second-order valence-corrected chi connectivity index (χ2v) is 5.55. The molecule has 1 aliphatic carbocycles. The standard InChI is InChI=1S/C17H18O3/c1-9-4-5-11-10(2)7-13-16(12(11)6-9)14(18)8-15(20-3)17(13)19/h4-7,15,17,19H,8H2,1-3H3/t15-,17-/m1/s1. The molecule has 0 aliphatic heterocycles. The molecule has 0 unspecified atom stereocenters. The minimum atomic E-state index is -0.740. The molecule has 0 fully saturated rings. The van der Waals surface area contributed by atoms with Gasteiger partial charge in [0.15, 0.2) is 5.78 Å². The van der Waals surface area contributed by atoms with E-state index in [1.807, 2.05) is 38.1 Å². The number of carbonyl (C=O) groups excluding carboxylic acids is 1. The number of ketones is 1. The van der Waals surface area contributed by atoms with Crippen molar-refractivity contribution >= 4 is 16.6 Å². The Balaban J connectivity index is 2.36. The maximum absolute atomic E-state index is 12.4. The Bertz CT molecular complexity index is 703. The van der Waals surface area contributed by atoms with Crippen LogP contribution in [-0.2, 0) is 4.74 Å². The second kappa shape index (κ2) is 4.69. The highest BCUT2D eigenvalue weighted by molar-refractivity contribution is 6.11. The lowest BCUT2D eigenvalue weighted by molar-refractivity contribution is -0.0190. The van der Waals surface area contributed by atoms with Gasteiger partial charge in [0, 0.05) is 19.1 Å². The summed E-state index contributed by atoms with van der Waals surface area (Å²) < 4.78 is 5.24. The zero-order chi connectivity index (χ0) is 14.4. The molecule has 0 spiro atoms. The number of hydrogen-bond acceptors (Lipinski definition) is 3. The largest absolute Gasteiger partial charge is 0.386 e. The van der Waals surface area contributed by atoms with E-state index in [2.05, 4.69) is 0 Å². The maximum Gasteiger partial charge on any atom is 0.166 e. The van der Waals surface area contributed by atoms with Crippen molar-refractivity contribution < 1.29 is 14.6 Å². The molecule has 0 aromatic heterocycles. The quantitative estimate of drug-likeness (QED) is 0.866. The Morgan fingerprint density at radius 2 is 1.95 bits per heavy atom. The van der Waals surface area contributed by atoms with Crippen molar-refractivity contribution in [2.45, 2.75) is 32.5 Å². The number of hydrogen-bond donors (Lipinski definition) is 1. The Hall–Kier alpha value is -1.71. The molecular formula is C17H18O3. The highest BCUT2D eigenvalue weighted by Crippen LogP contribution is 2.37. The van der Waals surface area contributed by atoms with Crippen LogP contribution >= 0.6 is 0 Å². The van der Waals surface area contributed by atoms with Gasteiger partial charge in [-0.15, -0.1) is 0 Å². The molecule has 1 aliphatic rings. The first-order valence-corrected chi connectivity index (χ1v) is 6.81. The third kappa shape index (κ3) is 1.86. The molecule has 3 rings (SSSR count). The SMILES string of the molecule is CO[C@@H]1CC(=O)c2c(cc(C)c3ccc(C)cc23)[C@H]1O. The minimum Gasteiger partial charge on any atom is -0.386 e. The van der Waals surface area contributed by atoms with Crippen molar-refractivity contribution in [1.29, 1.82) is 0 Å². The van der Waals surface area contributed by atoms with Gasteiger partial charge >= 0.3 is 0 Å². The van der Waals surface area contributed by atoms with E-state index >= 15 is 0 Å². The molecule has 3 heteroatoms. The number of methoxy groups -OCH3 is 1. The summed E-state index contributed by atoms with van der Waals surface area (Å²) in [5.74, 6) is 0.0488. The molecule has 2 aromatic rings. The summed E-state index contributed by atoms with van der Waals surface area (Å²) in [6.07, 6.45) is -0.954. The van der Waals surface area contributed by atoms with Crippen molar-refractivity contribution in [2.75, 3.05) is 7.11 Å². The summed E-state index contributed by atoms with van der Waals surface area (Å²) in [4.78, 5) is 12.4. The number of ether oxygens (including phenoxy) is 1. The fourth-order valence-electron chi connectivity index (χ4n) is 3.10. The highest BCUT2D eigenvalue weighted by Gasteiger charge is 2.34. The number of fused-ring (bicyclic) bond motifs is 3. The van der Waals surface area contributed by atoms with Gasteiger partial charge in [0.25, 0.3) is 0 Å². The van der Waals surface area contributed by atoms with Gasteiger partial charge in [-0.25, -0.2) is 0 Å². The number of aliphatic hydroxyl groups excluding tert-OH is 1. The van der Waals surface area contributed by atoms with Gasteiger partial charge in [0.2, 0.25) is 0 Å². The predicted molar refractivity (Wildman–Crippen MR) is 78.1 cm³/mol. The topological polar surface area (TPSA) is 46.5 Å². The molecule has 0 radical (unpaired) electrons. The van der Waals surface area contributed by atoms with Gasteiger partial charge in [-0.1, -0.05) is 29.8 Å². The van der Waals surface area contributed by atoms with Crippen molar-refractivity contribution in [3.05, 3.63) is 46.5 Å². The van der Waals surface area contributed by atoms with Crippen LogP contribution in [0.2, 0.25) is 0 Å². The Morgan fingerprint density at radius 1 is 1.20 bits per heavy atom. The zero-order valence-electron chi connectivity index (χ0n) is 11.9. The van der Waals surface area contributed by atoms with E-state index in [0.717, 1.165) is 21.9 Å². The van der Waals surface area contributed by atoms with Crippen LogP contribution in [0.5, 0.6) is 0 Å². The molecule has 0 amide bonds. The average Bonchev–Trinajstić information content (AvgIpc) is 2.42. The summed E-state index contributed by atoms with van der Waals surface area (Å²) in [5.41, 5.74) is 3.54. The van der Waals surface area contributed by atoms with Gasteiger partial charge in [0.1, 0.15) is 6.10 Å². The van der Waals surface area contributed by atoms with Crippen LogP contribution in [0.15, 0.2) is 24.3 Å². The second-order valence-electron chi connectivity index (χ2n) is 5.55. The summed E-state index contributed by atoms with van der Waals surface area (Å²) >= 11 is 0. The third-order valence-corrected chi connectivity index (χ3v) is 4.17. The van der Waals surface area contributed by atoms with Gasteiger partial charge in [-0.2, -0.15) is 0 Å². The number of aryl methyl sites for hydroxylation is 2. The van der Waals surface area contributed by atoms with Crippen LogP contribution in [0.3, 0.4) is 0 Å². The van der Waals surface area contributed by atoms with Gasteiger partial charge < -0.3 is 9.84 Å². The van der Waals surface area contributed by atoms with Gasteiger partial charge in [-0.05, 0) is 35.7 Å². The highest BCUT2D eigenvalue weighted by atomic mass is 16.5. The van der Waals surface area contributed by atoms with E-state index in [1.165, 1.54) is 7.11 Å². The fourth-order valence-corrected chi connectivity index (χ4v) is 3.10. The van der Waals surface area contributed by atoms with Gasteiger partial charge in [0.05, 0.1) is 6.10 Å². The molecule has 104 valence electrons. The summed E-state index contributed by atoms with van der Waals surface area (Å²) in [5, 5.41) is 12.4. The smallest absolute Gasteiger partial charge is 0.166 e. The molecular weight excluding hydrogens is 252 g/mol. The van der Waals surface area contributed by atoms with E-state index in [-0.39, 0.29) is 12.2 Å². The molecule has 0 heterocycles. The first kappa shape index (κ1) is 13.3. The van der Waals surface area contributed by atoms with E-state index < -0.39 is 12.2 Å². The van der Waals surface area contributed by atoms with Crippen LogP contribution in [-0.4, -0.2) is 24.1 Å². The van der Waals surface area contributed by atoms with Crippen molar-refractivity contribution in [3.63, 3.8) is 0 Å². The van der Waals surface area contributed by atoms with E-state index in [9.17, 15) is 9.90 Å². The lowest BCUT2D eigenvalue weighted by Crippen LogP contribution is -2.31. The van der Waals surface area contributed by atoms with E-state index in [0.29, 0.717) is 11.1 Å². The molecule has 2 aromatic carbocycles. The summed E-state index contributed by atoms with van der Waals surface area (Å²) in [7, 11) is 1.53. The van der Waals surface area contributed by atoms with E-state index in [4.69, 9.17) is 4.74 Å². The number of rotatable bonds is 1. The van der Waals surface area contributed by atoms with Crippen LogP contribution < -0.4 is 0 Å². The lowest BCUT2D eigenvalue weighted by Gasteiger charge is -2.29. The van der Waals surface area contributed by atoms with Crippen molar-refractivity contribution in [3.8, 4) is 0 Å². The first-order valence-electron chi connectivity index (χ1n) is 6.81. The minimum absolute atomic E-state index is 0.0488. The third-order valence-electron chi connectivity index (χ3n) is 4.17. The lowest BCUT2D eigenvalue weighted by atomic mass is 9.81. The normalized spacial score (nSPS) is 22.1. The molecule has 3 nitrogen and oxygen atoms in total. The monoisotopic (exact) mass is 270 g/mol. The number of aliphatic hydroxyl groups is 1. The summed E-state index contributed by atoms with van der Waals surface area (Å²) in [6, 6.07) is 8.03. The number of Topliss-reactive ketones (excluding diaryl/α,β-unsaturated/α-hetero) is 1. The van der Waals surface area contributed by atoms with Crippen LogP contribution in [0.25, 0.3) is 10.8 Å². The first-order chi connectivity index (χ1) is 9.52. The molecule has 1 N–H and O–H groups in total. The van der Waals surface area contributed by atoms with Crippen LogP contribution in [0.1, 0.15) is 39.6 Å².